The fourth-order valence-electron chi connectivity index (χ4n) is 3.62. The molecular formula is C16H24N2O. The second kappa shape index (κ2) is 5.51. The maximum Gasteiger partial charge on any atom is 0.0731 e. The number of nitrogen functional groups attached to an aromatic ring is 1. The molecule has 0 spiro atoms. The number of benzene rings is 1. The van der Waals surface area contributed by atoms with Gasteiger partial charge >= 0.3 is 0 Å². The Balaban J connectivity index is 1.79. The maximum atomic E-state index is 5.96. The summed E-state index contributed by atoms with van der Waals surface area (Å²) in [7, 11) is 0. The molecule has 3 nitrogen and oxygen atoms in total. The van der Waals surface area contributed by atoms with E-state index in [1.165, 1.54) is 31.2 Å². The molecule has 19 heavy (non-hydrogen) atoms. The molecule has 0 radical (unpaired) electrons. The number of anilines is 1. The van der Waals surface area contributed by atoms with Crippen molar-refractivity contribution in [3.8, 4) is 0 Å². The second-order valence-electron chi connectivity index (χ2n) is 5.84. The van der Waals surface area contributed by atoms with Gasteiger partial charge in [-0.2, -0.15) is 0 Å². The van der Waals surface area contributed by atoms with Crippen LogP contribution in [0.4, 0.5) is 5.69 Å². The van der Waals surface area contributed by atoms with Crippen LogP contribution in [0.1, 0.15) is 44.2 Å². The average Bonchev–Trinajstić information content (AvgIpc) is 2.46. The topological polar surface area (TPSA) is 38.5 Å². The van der Waals surface area contributed by atoms with E-state index in [0.717, 1.165) is 18.8 Å². The number of rotatable bonds is 2. The quantitative estimate of drug-likeness (QED) is 0.831. The van der Waals surface area contributed by atoms with Crippen molar-refractivity contribution in [2.75, 3.05) is 18.9 Å². The van der Waals surface area contributed by atoms with Crippen LogP contribution in [0.2, 0.25) is 0 Å². The molecule has 2 N–H and O–H groups in total. The van der Waals surface area contributed by atoms with E-state index in [1.54, 1.807) is 0 Å². The van der Waals surface area contributed by atoms with Crippen LogP contribution < -0.4 is 5.73 Å². The number of ether oxygens (including phenoxy) is 1. The molecule has 3 unspecified atom stereocenters. The zero-order valence-corrected chi connectivity index (χ0v) is 11.7. The molecule has 2 fully saturated rings. The Kier molecular flexibility index (Phi) is 3.76. The van der Waals surface area contributed by atoms with Gasteiger partial charge in [-0.3, -0.25) is 4.90 Å². The third kappa shape index (κ3) is 2.63. The van der Waals surface area contributed by atoms with Gasteiger partial charge in [-0.1, -0.05) is 25.0 Å². The summed E-state index contributed by atoms with van der Waals surface area (Å²) in [4.78, 5) is 2.63. The number of hydrogen-bond acceptors (Lipinski definition) is 3. The predicted octanol–water partition coefficient (Wildman–Crippen LogP) is 2.97. The molecule has 3 atom stereocenters. The fraction of sp³-hybridized carbons (Fsp3) is 0.625. The maximum absolute atomic E-state index is 5.96. The van der Waals surface area contributed by atoms with E-state index in [9.17, 15) is 0 Å². The lowest BCUT2D eigenvalue weighted by Crippen LogP contribution is -2.53. The Bertz CT molecular complexity index is 433. The van der Waals surface area contributed by atoms with E-state index in [-0.39, 0.29) is 0 Å². The van der Waals surface area contributed by atoms with Crippen molar-refractivity contribution in [3.63, 3.8) is 0 Å². The van der Waals surface area contributed by atoms with E-state index in [1.807, 2.05) is 6.07 Å². The molecule has 1 aliphatic carbocycles. The normalized spacial score (nSPS) is 29.7. The summed E-state index contributed by atoms with van der Waals surface area (Å²) < 4.78 is 5.96. The molecule has 1 aliphatic heterocycles. The van der Waals surface area contributed by atoms with Crippen molar-refractivity contribution in [1.29, 1.82) is 0 Å². The largest absolute Gasteiger partial charge is 0.399 e. The summed E-state index contributed by atoms with van der Waals surface area (Å²) in [6, 6.07) is 9.34. The molecule has 104 valence electrons. The molecule has 3 heteroatoms. The third-order valence-corrected chi connectivity index (χ3v) is 4.67. The lowest BCUT2D eigenvalue weighted by Gasteiger charge is -2.46. The monoisotopic (exact) mass is 260 g/mol. The average molecular weight is 260 g/mol. The number of nitrogens with two attached hydrogens (primary N) is 1. The van der Waals surface area contributed by atoms with Gasteiger partial charge in [-0.05, 0) is 37.5 Å². The smallest absolute Gasteiger partial charge is 0.0731 e. The fourth-order valence-corrected chi connectivity index (χ4v) is 3.62. The van der Waals surface area contributed by atoms with Crippen LogP contribution in [0.15, 0.2) is 24.3 Å². The standard InChI is InChI=1S/C16H24N2O/c1-12(13-5-4-6-14(17)11-13)18-9-10-19-16-8-3-2-7-15(16)18/h4-6,11-12,15-16H,2-3,7-10,17H2,1H3. The highest BCUT2D eigenvalue weighted by atomic mass is 16.5. The molecular weight excluding hydrogens is 236 g/mol. The second-order valence-corrected chi connectivity index (χ2v) is 5.84. The van der Waals surface area contributed by atoms with Gasteiger partial charge < -0.3 is 10.5 Å². The van der Waals surface area contributed by atoms with Crippen molar-refractivity contribution in [3.05, 3.63) is 29.8 Å². The van der Waals surface area contributed by atoms with Gasteiger partial charge in [0.05, 0.1) is 12.7 Å². The molecule has 3 rings (SSSR count). The summed E-state index contributed by atoms with van der Waals surface area (Å²) in [6.07, 6.45) is 5.61. The first-order valence-corrected chi connectivity index (χ1v) is 7.48. The van der Waals surface area contributed by atoms with Crippen LogP contribution in [-0.2, 0) is 4.74 Å². The van der Waals surface area contributed by atoms with Gasteiger partial charge in [0.15, 0.2) is 0 Å². The van der Waals surface area contributed by atoms with Gasteiger partial charge in [-0.15, -0.1) is 0 Å². The molecule has 0 aromatic heterocycles. The molecule has 0 amide bonds. The van der Waals surface area contributed by atoms with Gasteiger partial charge in [0.2, 0.25) is 0 Å². The van der Waals surface area contributed by atoms with Crippen LogP contribution >= 0.6 is 0 Å². The lowest BCUT2D eigenvalue weighted by molar-refractivity contribution is -0.101. The van der Waals surface area contributed by atoms with E-state index in [4.69, 9.17) is 10.5 Å². The van der Waals surface area contributed by atoms with Crippen LogP contribution in [0, 0.1) is 0 Å². The first-order chi connectivity index (χ1) is 9.25. The molecule has 0 bridgehead atoms. The Morgan fingerprint density at radius 2 is 2.16 bits per heavy atom. The number of nitrogens with zero attached hydrogens (tertiary/aromatic N) is 1. The minimum atomic E-state index is 0.429. The first-order valence-electron chi connectivity index (χ1n) is 7.48. The Hall–Kier alpha value is -1.06. The van der Waals surface area contributed by atoms with Crippen LogP contribution in [-0.4, -0.2) is 30.2 Å². The van der Waals surface area contributed by atoms with E-state index in [2.05, 4.69) is 30.0 Å². The van der Waals surface area contributed by atoms with Gasteiger partial charge in [0, 0.05) is 24.3 Å². The molecule has 2 aliphatic rings. The highest BCUT2D eigenvalue weighted by Crippen LogP contribution is 2.34. The summed E-state index contributed by atoms with van der Waals surface area (Å²) >= 11 is 0. The minimum absolute atomic E-state index is 0.429. The highest BCUT2D eigenvalue weighted by molar-refractivity contribution is 5.41. The molecule has 1 saturated heterocycles. The van der Waals surface area contributed by atoms with Crippen molar-refractivity contribution in [2.24, 2.45) is 0 Å². The Morgan fingerprint density at radius 3 is 3.00 bits per heavy atom. The summed E-state index contributed by atoms with van der Waals surface area (Å²) in [5, 5.41) is 0. The zero-order chi connectivity index (χ0) is 13.2. The highest BCUT2D eigenvalue weighted by Gasteiger charge is 2.36. The molecule has 1 heterocycles. The van der Waals surface area contributed by atoms with Crippen molar-refractivity contribution in [2.45, 2.75) is 50.8 Å². The molecule has 1 saturated carbocycles. The molecule has 1 aromatic carbocycles. The van der Waals surface area contributed by atoms with E-state index < -0.39 is 0 Å². The van der Waals surface area contributed by atoms with E-state index in [0.29, 0.717) is 18.2 Å². The minimum Gasteiger partial charge on any atom is -0.399 e. The predicted molar refractivity (Wildman–Crippen MR) is 78.0 cm³/mol. The Morgan fingerprint density at radius 1 is 1.32 bits per heavy atom. The summed E-state index contributed by atoms with van der Waals surface area (Å²) in [5.74, 6) is 0. The van der Waals surface area contributed by atoms with Gasteiger partial charge in [0.25, 0.3) is 0 Å². The van der Waals surface area contributed by atoms with Crippen molar-refractivity contribution < 1.29 is 4.74 Å². The number of fused-ring (bicyclic) bond motifs is 1. The number of morpholine rings is 1. The van der Waals surface area contributed by atoms with Crippen molar-refractivity contribution in [1.82, 2.24) is 4.90 Å². The van der Waals surface area contributed by atoms with E-state index >= 15 is 0 Å². The SMILES string of the molecule is CC(c1cccc(N)c1)N1CCOC2CCCCC21. The van der Waals surface area contributed by atoms with Crippen LogP contribution in [0.3, 0.4) is 0 Å². The van der Waals surface area contributed by atoms with Gasteiger partial charge in [0.1, 0.15) is 0 Å². The van der Waals surface area contributed by atoms with Crippen LogP contribution in [0.25, 0.3) is 0 Å². The summed E-state index contributed by atoms with van der Waals surface area (Å²) in [5.41, 5.74) is 8.10. The van der Waals surface area contributed by atoms with Crippen LogP contribution in [0.5, 0.6) is 0 Å². The zero-order valence-electron chi connectivity index (χ0n) is 11.7. The molecule has 1 aromatic rings. The van der Waals surface area contributed by atoms with Crippen molar-refractivity contribution >= 4 is 5.69 Å². The summed E-state index contributed by atoms with van der Waals surface area (Å²) in [6.45, 7) is 4.21. The van der Waals surface area contributed by atoms with Gasteiger partial charge in [-0.25, -0.2) is 0 Å². The third-order valence-electron chi connectivity index (χ3n) is 4.67. The lowest BCUT2D eigenvalue weighted by atomic mass is 9.88. The number of hydrogen-bond donors (Lipinski definition) is 1. The Labute approximate surface area is 115 Å². The first kappa shape index (κ1) is 12.9.